The minimum Gasteiger partial charge on any atom is -0.417 e. The molecule has 0 saturated carbocycles. The van der Waals surface area contributed by atoms with E-state index in [1.165, 1.54) is 0 Å². The molecule has 5 nitrogen and oxygen atoms in total. The van der Waals surface area contributed by atoms with E-state index in [-0.39, 0.29) is 17.2 Å². The summed E-state index contributed by atoms with van der Waals surface area (Å²) < 4.78 is 5.14. The summed E-state index contributed by atoms with van der Waals surface area (Å²) in [5.41, 5.74) is 5.02. The van der Waals surface area contributed by atoms with Gasteiger partial charge < -0.3 is 10.2 Å². The third-order valence-corrected chi connectivity index (χ3v) is 2.32. The van der Waals surface area contributed by atoms with E-state index in [1.807, 2.05) is 6.92 Å². The van der Waals surface area contributed by atoms with Crippen LogP contribution in [0.4, 0.5) is 0 Å². The maximum absolute atomic E-state index is 10.7. The highest BCUT2D eigenvalue weighted by molar-refractivity contribution is 5.87. The Morgan fingerprint density at radius 3 is 2.36 bits per heavy atom. The molecule has 0 spiro atoms. The zero-order valence-electron chi connectivity index (χ0n) is 8.87. The molecule has 0 aliphatic rings. The summed E-state index contributed by atoms with van der Waals surface area (Å²) in [7, 11) is 0. The number of carbonyl (C=O) groups excluding carboxylic acids is 1. The first kappa shape index (κ1) is 10.7. The first-order valence-electron chi connectivity index (χ1n) is 4.45. The maximum atomic E-state index is 10.7. The molecule has 1 heterocycles. The Balaban J connectivity index is 2.92. The molecule has 1 atom stereocenters. The second kappa shape index (κ2) is 3.40. The predicted octanol–water partition coefficient (Wildman–Crippen LogP) is 1.32. The molecule has 0 radical (unpaired) electrons. The van der Waals surface area contributed by atoms with E-state index in [0.29, 0.717) is 5.89 Å². The van der Waals surface area contributed by atoms with Gasteiger partial charge in [-0.15, -0.1) is 10.2 Å². The lowest BCUT2D eigenvalue weighted by Crippen LogP contribution is -2.15. The normalized spacial score (nSPS) is 14.0. The van der Waals surface area contributed by atoms with Crippen LogP contribution in [-0.2, 0) is 0 Å². The van der Waals surface area contributed by atoms with Gasteiger partial charge in [0.05, 0.1) is 0 Å². The minimum atomic E-state index is -0.690. The highest BCUT2D eigenvalue weighted by Gasteiger charge is 2.27. The van der Waals surface area contributed by atoms with Crippen molar-refractivity contribution in [2.75, 3.05) is 0 Å². The highest BCUT2D eigenvalue weighted by atomic mass is 16.4. The minimum absolute atomic E-state index is 0.0153. The van der Waals surface area contributed by atoms with Crippen molar-refractivity contribution >= 4 is 5.91 Å². The number of nitrogens with two attached hydrogens (primary N) is 1. The molecule has 1 unspecified atom stereocenters. The van der Waals surface area contributed by atoms with Gasteiger partial charge in [0.15, 0.2) is 0 Å². The SMILES string of the molecule is CC(c1nnc(C(N)=O)o1)C(C)(C)C. The topological polar surface area (TPSA) is 82.0 Å². The number of amides is 1. The van der Waals surface area contributed by atoms with Crippen LogP contribution in [0.3, 0.4) is 0 Å². The van der Waals surface area contributed by atoms with Gasteiger partial charge in [0.1, 0.15) is 0 Å². The molecule has 2 N–H and O–H groups in total. The lowest BCUT2D eigenvalue weighted by atomic mass is 9.82. The van der Waals surface area contributed by atoms with Crippen molar-refractivity contribution in [3.8, 4) is 0 Å². The molecule has 14 heavy (non-hydrogen) atoms. The number of rotatable bonds is 2. The van der Waals surface area contributed by atoms with Gasteiger partial charge in [0.2, 0.25) is 5.89 Å². The number of primary amides is 1. The van der Waals surface area contributed by atoms with Crippen LogP contribution < -0.4 is 5.73 Å². The number of nitrogens with zero attached hydrogens (tertiary/aromatic N) is 2. The molecule has 78 valence electrons. The summed E-state index contributed by atoms with van der Waals surface area (Å²) in [5.74, 6) is -0.282. The predicted molar refractivity (Wildman–Crippen MR) is 50.7 cm³/mol. The molecule has 0 aliphatic carbocycles. The molecule has 0 aliphatic heterocycles. The monoisotopic (exact) mass is 197 g/mol. The molecular formula is C9H15N3O2. The van der Waals surface area contributed by atoms with Gasteiger partial charge in [-0.2, -0.15) is 0 Å². The van der Waals surface area contributed by atoms with Crippen molar-refractivity contribution in [3.05, 3.63) is 11.8 Å². The smallest absolute Gasteiger partial charge is 0.306 e. The second-order valence-electron chi connectivity index (χ2n) is 4.40. The third-order valence-electron chi connectivity index (χ3n) is 2.32. The Morgan fingerprint density at radius 2 is 2.00 bits per heavy atom. The van der Waals surface area contributed by atoms with Crippen LogP contribution in [0.25, 0.3) is 0 Å². The molecule has 0 bridgehead atoms. The Labute approximate surface area is 82.7 Å². The number of hydrogen-bond acceptors (Lipinski definition) is 4. The Kier molecular flexibility index (Phi) is 2.59. The molecule has 1 amide bonds. The quantitative estimate of drug-likeness (QED) is 0.775. The fourth-order valence-electron chi connectivity index (χ4n) is 0.880. The maximum Gasteiger partial charge on any atom is 0.306 e. The van der Waals surface area contributed by atoms with Gasteiger partial charge in [-0.3, -0.25) is 4.79 Å². The van der Waals surface area contributed by atoms with E-state index < -0.39 is 5.91 Å². The van der Waals surface area contributed by atoms with E-state index in [2.05, 4.69) is 31.0 Å². The average molecular weight is 197 g/mol. The number of carbonyl (C=O) groups is 1. The summed E-state index contributed by atoms with van der Waals surface area (Å²) in [6.45, 7) is 8.15. The molecule has 0 aromatic carbocycles. The van der Waals surface area contributed by atoms with Crippen molar-refractivity contribution in [2.24, 2.45) is 11.1 Å². The van der Waals surface area contributed by atoms with E-state index in [4.69, 9.17) is 10.2 Å². The zero-order chi connectivity index (χ0) is 10.9. The molecular weight excluding hydrogens is 182 g/mol. The van der Waals surface area contributed by atoms with Gasteiger partial charge in [0.25, 0.3) is 0 Å². The van der Waals surface area contributed by atoms with Crippen molar-refractivity contribution in [3.63, 3.8) is 0 Å². The van der Waals surface area contributed by atoms with E-state index >= 15 is 0 Å². The van der Waals surface area contributed by atoms with Crippen LogP contribution in [0.15, 0.2) is 4.42 Å². The Bertz CT molecular complexity index is 338. The molecule has 1 aromatic rings. The summed E-state index contributed by atoms with van der Waals surface area (Å²) in [6.07, 6.45) is 0. The molecule has 5 heteroatoms. The van der Waals surface area contributed by atoms with Crippen LogP contribution in [0.5, 0.6) is 0 Å². The Morgan fingerprint density at radius 1 is 1.43 bits per heavy atom. The second-order valence-corrected chi connectivity index (χ2v) is 4.40. The lowest BCUT2D eigenvalue weighted by Gasteiger charge is -2.23. The summed E-state index contributed by atoms with van der Waals surface area (Å²) in [5, 5.41) is 7.35. The van der Waals surface area contributed by atoms with Gasteiger partial charge in [0, 0.05) is 5.92 Å². The molecule has 1 aromatic heterocycles. The fraction of sp³-hybridized carbons (Fsp3) is 0.667. The number of hydrogen-bond donors (Lipinski definition) is 1. The highest BCUT2D eigenvalue weighted by Crippen LogP contribution is 2.33. The fourth-order valence-corrected chi connectivity index (χ4v) is 0.880. The lowest BCUT2D eigenvalue weighted by molar-refractivity contribution is 0.0963. The zero-order valence-corrected chi connectivity index (χ0v) is 8.87. The first-order valence-corrected chi connectivity index (χ1v) is 4.45. The van der Waals surface area contributed by atoms with Crippen molar-refractivity contribution in [2.45, 2.75) is 33.6 Å². The van der Waals surface area contributed by atoms with Crippen LogP contribution in [-0.4, -0.2) is 16.1 Å². The van der Waals surface area contributed by atoms with Gasteiger partial charge in [-0.25, -0.2) is 0 Å². The summed E-state index contributed by atoms with van der Waals surface area (Å²) in [6, 6.07) is 0. The third kappa shape index (κ3) is 2.10. The van der Waals surface area contributed by atoms with Crippen LogP contribution in [0, 0.1) is 5.41 Å². The molecule has 0 fully saturated rings. The standard InChI is InChI=1S/C9H15N3O2/c1-5(9(2,3)4)7-11-12-8(14-7)6(10)13/h5H,1-4H3,(H2,10,13). The van der Waals surface area contributed by atoms with E-state index in [9.17, 15) is 4.79 Å². The van der Waals surface area contributed by atoms with Crippen LogP contribution in [0.1, 0.15) is 50.2 Å². The van der Waals surface area contributed by atoms with Gasteiger partial charge in [-0.1, -0.05) is 27.7 Å². The van der Waals surface area contributed by atoms with Crippen molar-refractivity contribution < 1.29 is 9.21 Å². The van der Waals surface area contributed by atoms with Crippen LogP contribution in [0.2, 0.25) is 0 Å². The van der Waals surface area contributed by atoms with Gasteiger partial charge >= 0.3 is 11.8 Å². The summed E-state index contributed by atoms with van der Waals surface area (Å²) >= 11 is 0. The van der Waals surface area contributed by atoms with E-state index in [0.717, 1.165) is 0 Å². The van der Waals surface area contributed by atoms with Gasteiger partial charge in [-0.05, 0) is 5.41 Å². The largest absolute Gasteiger partial charge is 0.417 e. The van der Waals surface area contributed by atoms with Crippen molar-refractivity contribution in [1.82, 2.24) is 10.2 Å². The van der Waals surface area contributed by atoms with E-state index in [1.54, 1.807) is 0 Å². The molecule has 0 saturated heterocycles. The number of aromatic nitrogens is 2. The van der Waals surface area contributed by atoms with Crippen molar-refractivity contribution in [1.29, 1.82) is 0 Å². The average Bonchev–Trinajstić information content (AvgIpc) is 2.48. The molecule has 1 rings (SSSR count). The summed E-state index contributed by atoms with van der Waals surface area (Å²) in [4.78, 5) is 10.7. The first-order chi connectivity index (χ1) is 6.32. The van der Waals surface area contributed by atoms with Crippen LogP contribution >= 0.6 is 0 Å². The Hall–Kier alpha value is -1.39.